The number of hydrogen-bond acceptors (Lipinski definition) is 3. The van der Waals surface area contributed by atoms with Crippen LogP contribution in [0.15, 0.2) is 47.4 Å². The minimum Gasteiger partial charge on any atom is -0.332 e. The molecule has 0 saturated carbocycles. The lowest BCUT2D eigenvalue weighted by molar-refractivity contribution is 0.235. The molecule has 2 rings (SSSR count). The highest BCUT2D eigenvalue weighted by atomic mass is 35.5. The fourth-order valence-electron chi connectivity index (χ4n) is 2.45. The molecule has 0 aromatic heterocycles. The Morgan fingerprint density at radius 1 is 0.962 bits per heavy atom. The van der Waals surface area contributed by atoms with Crippen molar-refractivity contribution in [3.05, 3.63) is 63.6 Å². The molecule has 0 aliphatic carbocycles. The molecule has 140 valence electrons. The first-order chi connectivity index (χ1) is 12.1. The highest BCUT2D eigenvalue weighted by molar-refractivity contribution is 7.90. The molecule has 2 aromatic rings. The number of benzene rings is 2. The first kappa shape index (κ1) is 20.6. The third-order valence-electron chi connectivity index (χ3n) is 3.93. The van der Waals surface area contributed by atoms with Gasteiger partial charge in [0.2, 0.25) is 0 Å². The second-order valence-corrected chi connectivity index (χ2v) is 8.93. The molecule has 0 unspecified atom stereocenters. The van der Waals surface area contributed by atoms with Gasteiger partial charge in [-0.05, 0) is 49.2 Å². The van der Waals surface area contributed by atoms with Crippen molar-refractivity contribution in [2.75, 3.05) is 6.26 Å². The molecule has 0 fully saturated rings. The Morgan fingerprint density at radius 2 is 1.54 bits per heavy atom. The number of rotatable bonds is 5. The molecule has 2 atom stereocenters. The number of nitrogens with one attached hydrogen (secondary N) is 2. The van der Waals surface area contributed by atoms with E-state index >= 15 is 0 Å². The average Bonchev–Trinajstić information content (AvgIpc) is 2.53. The van der Waals surface area contributed by atoms with Gasteiger partial charge in [-0.2, -0.15) is 0 Å². The van der Waals surface area contributed by atoms with Crippen LogP contribution in [0.1, 0.15) is 37.1 Å². The summed E-state index contributed by atoms with van der Waals surface area (Å²) in [6, 6.07) is 10.6. The van der Waals surface area contributed by atoms with Crippen LogP contribution in [0, 0.1) is 0 Å². The first-order valence-electron chi connectivity index (χ1n) is 7.90. The summed E-state index contributed by atoms with van der Waals surface area (Å²) in [7, 11) is -3.24. The molecule has 0 radical (unpaired) electrons. The van der Waals surface area contributed by atoms with Gasteiger partial charge in [0, 0.05) is 16.3 Å². The molecule has 0 bridgehead atoms. The van der Waals surface area contributed by atoms with E-state index in [4.69, 9.17) is 23.2 Å². The molecular formula is C18H20Cl2N2O3S. The summed E-state index contributed by atoms with van der Waals surface area (Å²) < 4.78 is 23.0. The predicted molar refractivity (Wildman–Crippen MR) is 105 cm³/mol. The number of halogens is 2. The van der Waals surface area contributed by atoms with Crippen LogP contribution in [0.4, 0.5) is 4.79 Å². The minimum absolute atomic E-state index is 0.240. The standard InChI is InChI=1S/C18H20Cl2N2O3S/c1-11(13-4-7-15(8-5-13)26(3,24)25)21-18(23)22-12(2)16-9-6-14(19)10-17(16)20/h4-12H,1-3H3,(H2,21,22,23)/t11-,12-/m0/s1. The maximum absolute atomic E-state index is 12.2. The van der Waals surface area contributed by atoms with Gasteiger partial charge < -0.3 is 10.6 Å². The topological polar surface area (TPSA) is 75.3 Å². The van der Waals surface area contributed by atoms with Gasteiger partial charge in [0.05, 0.1) is 17.0 Å². The Balaban J connectivity index is 2.00. The van der Waals surface area contributed by atoms with E-state index in [-0.39, 0.29) is 23.0 Å². The van der Waals surface area contributed by atoms with Crippen molar-refractivity contribution in [1.29, 1.82) is 0 Å². The Morgan fingerprint density at radius 3 is 2.08 bits per heavy atom. The Bertz CT molecular complexity index is 899. The van der Waals surface area contributed by atoms with Crippen LogP contribution in [0.5, 0.6) is 0 Å². The molecule has 0 spiro atoms. The van der Waals surface area contributed by atoms with Crippen LogP contribution < -0.4 is 10.6 Å². The van der Waals surface area contributed by atoms with Crippen molar-refractivity contribution < 1.29 is 13.2 Å². The molecule has 26 heavy (non-hydrogen) atoms. The number of carbonyl (C=O) groups is 1. The number of amides is 2. The van der Waals surface area contributed by atoms with Gasteiger partial charge in [-0.15, -0.1) is 0 Å². The highest BCUT2D eigenvalue weighted by Crippen LogP contribution is 2.26. The van der Waals surface area contributed by atoms with Crippen molar-refractivity contribution in [3.8, 4) is 0 Å². The molecule has 2 N–H and O–H groups in total. The minimum atomic E-state index is -3.24. The normalized spacial score (nSPS) is 13.7. The third-order valence-corrected chi connectivity index (χ3v) is 5.62. The van der Waals surface area contributed by atoms with Gasteiger partial charge in [0.1, 0.15) is 0 Å². The SMILES string of the molecule is C[C@H](NC(=O)N[C@@H](C)c1ccc(Cl)cc1Cl)c1ccc(S(C)(=O)=O)cc1. The zero-order chi connectivity index (χ0) is 19.5. The highest BCUT2D eigenvalue weighted by Gasteiger charge is 2.16. The Kier molecular flexibility index (Phi) is 6.55. The van der Waals surface area contributed by atoms with E-state index in [9.17, 15) is 13.2 Å². The quantitative estimate of drug-likeness (QED) is 0.754. The largest absolute Gasteiger partial charge is 0.332 e. The first-order valence-corrected chi connectivity index (χ1v) is 10.5. The maximum atomic E-state index is 12.2. The lowest BCUT2D eigenvalue weighted by Crippen LogP contribution is -2.38. The van der Waals surface area contributed by atoms with E-state index in [1.54, 1.807) is 30.3 Å². The Labute approximate surface area is 163 Å². The third kappa shape index (κ3) is 5.37. The molecule has 0 aliphatic heterocycles. The van der Waals surface area contributed by atoms with Gasteiger partial charge >= 0.3 is 6.03 Å². The summed E-state index contributed by atoms with van der Waals surface area (Å²) in [4.78, 5) is 12.5. The van der Waals surface area contributed by atoms with Gasteiger partial charge in [-0.25, -0.2) is 13.2 Å². The molecule has 8 heteroatoms. The zero-order valence-corrected chi connectivity index (χ0v) is 16.9. The van der Waals surface area contributed by atoms with Crippen LogP contribution >= 0.6 is 23.2 Å². The van der Waals surface area contributed by atoms with E-state index in [0.29, 0.717) is 10.0 Å². The summed E-state index contributed by atoms with van der Waals surface area (Å²) in [5.41, 5.74) is 1.56. The van der Waals surface area contributed by atoms with Crippen molar-refractivity contribution in [1.82, 2.24) is 10.6 Å². The molecular weight excluding hydrogens is 395 g/mol. The van der Waals surface area contributed by atoms with Crippen molar-refractivity contribution in [3.63, 3.8) is 0 Å². The van der Waals surface area contributed by atoms with E-state index in [0.717, 1.165) is 17.4 Å². The molecule has 0 heterocycles. The fourth-order valence-corrected chi connectivity index (χ4v) is 3.66. The van der Waals surface area contributed by atoms with Crippen LogP contribution in [0.25, 0.3) is 0 Å². The van der Waals surface area contributed by atoms with Crippen LogP contribution in [-0.2, 0) is 9.84 Å². The van der Waals surface area contributed by atoms with E-state index in [1.807, 2.05) is 13.8 Å². The summed E-state index contributed by atoms with van der Waals surface area (Å²) in [6.07, 6.45) is 1.15. The van der Waals surface area contributed by atoms with Crippen molar-refractivity contribution in [2.45, 2.75) is 30.8 Å². The molecule has 5 nitrogen and oxygen atoms in total. The molecule has 2 aromatic carbocycles. The van der Waals surface area contributed by atoms with E-state index in [1.165, 1.54) is 12.1 Å². The molecule has 2 amide bonds. The van der Waals surface area contributed by atoms with E-state index in [2.05, 4.69) is 10.6 Å². The summed E-state index contributed by atoms with van der Waals surface area (Å²) in [5.74, 6) is 0. The predicted octanol–water partition coefficient (Wildman–Crippen LogP) is 4.52. The van der Waals surface area contributed by atoms with Gasteiger partial charge in [-0.1, -0.05) is 41.4 Å². The Hall–Kier alpha value is -1.76. The number of urea groups is 1. The smallest absolute Gasteiger partial charge is 0.315 e. The van der Waals surface area contributed by atoms with Gasteiger partial charge in [-0.3, -0.25) is 0 Å². The monoisotopic (exact) mass is 414 g/mol. The number of hydrogen-bond donors (Lipinski definition) is 2. The molecule has 0 saturated heterocycles. The van der Waals surface area contributed by atoms with Crippen molar-refractivity contribution >= 4 is 39.1 Å². The molecule has 0 aliphatic rings. The average molecular weight is 415 g/mol. The van der Waals surface area contributed by atoms with Crippen molar-refractivity contribution in [2.24, 2.45) is 0 Å². The summed E-state index contributed by atoms with van der Waals surface area (Å²) in [5, 5.41) is 6.65. The number of sulfone groups is 1. The summed E-state index contributed by atoms with van der Waals surface area (Å²) in [6.45, 7) is 3.63. The maximum Gasteiger partial charge on any atom is 0.315 e. The van der Waals surface area contributed by atoms with E-state index < -0.39 is 9.84 Å². The van der Waals surface area contributed by atoms with Crippen LogP contribution in [0.2, 0.25) is 10.0 Å². The zero-order valence-electron chi connectivity index (χ0n) is 14.6. The fraction of sp³-hybridized carbons (Fsp3) is 0.278. The second-order valence-electron chi connectivity index (χ2n) is 6.07. The van der Waals surface area contributed by atoms with Gasteiger partial charge in [0.25, 0.3) is 0 Å². The second kappa shape index (κ2) is 8.29. The lowest BCUT2D eigenvalue weighted by Gasteiger charge is -2.19. The van der Waals surface area contributed by atoms with Gasteiger partial charge in [0.15, 0.2) is 9.84 Å². The van der Waals surface area contributed by atoms with Crippen LogP contribution in [0.3, 0.4) is 0 Å². The lowest BCUT2D eigenvalue weighted by atomic mass is 10.1. The number of carbonyl (C=O) groups excluding carboxylic acids is 1. The summed E-state index contributed by atoms with van der Waals surface area (Å²) >= 11 is 12.0. The van der Waals surface area contributed by atoms with Crippen LogP contribution in [-0.4, -0.2) is 20.7 Å².